The number of hydrogen-bond acceptors (Lipinski definition) is 4. The van der Waals surface area contributed by atoms with E-state index in [1.54, 1.807) is 0 Å². The highest BCUT2D eigenvalue weighted by molar-refractivity contribution is 7.91. The Morgan fingerprint density at radius 3 is 2.54 bits per heavy atom. The molecule has 24 heavy (non-hydrogen) atoms. The number of fused-ring (bicyclic) bond motifs is 1. The molecule has 3 aromatic rings. The summed E-state index contributed by atoms with van der Waals surface area (Å²) in [5.41, 5.74) is 0.331. The zero-order valence-corrected chi connectivity index (χ0v) is 13.5. The number of H-pyrrole nitrogens is 1. The van der Waals surface area contributed by atoms with Gasteiger partial charge in [-0.2, -0.15) is 13.2 Å². The average molecular weight is 358 g/mol. The number of nitrogens with zero attached hydrogens (tertiary/aromatic N) is 3. The molecule has 0 aliphatic rings. The monoisotopic (exact) mass is 358 g/mol. The Bertz CT molecular complexity index is 1000. The number of sulfone groups is 1. The standard InChI is InChI=1S/C14H13F3N4O2S/c1-3-24(22,23)11-7-10-9(6-8(11)12-18-4-5-19-12)20-13(21(10)2)14(15,16)17/h4-7H,3H2,1-2H3,(H,18,19). The Balaban J connectivity index is 2.40. The van der Waals surface area contributed by atoms with Crippen molar-refractivity contribution in [1.29, 1.82) is 0 Å². The molecule has 3 rings (SSSR count). The second kappa shape index (κ2) is 5.33. The minimum atomic E-state index is -4.64. The fourth-order valence-corrected chi connectivity index (χ4v) is 3.58. The SMILES string of the molecule is CCS(=O)(=O)c1cc2c(cc1-c1ncc[nH]1)nc(C(F)(F)F)n2C. The van der Waals surface area contributed by atoms with Crippen LogP contribution in [-0.2, 0) is 23.1 Å². The second-order valence-electron chi connectivity index (χ2n) is 5.17. The zero-order chi connectivity index (χ0) is 17.7. The molecule has 0 bridgehead atoms. The third-order valence-electron chi connectivity index (χ3n) is 3.70. The number of aromatic amines is 1. The van der Waals surface area contributed by atoms with Gasteiger partial charge in [-0.25, -0.2) is 18.4 Å². The highest BCUT2D eigenvalue weighted by Gasteiger charge is 2.37. The van der Waals surface area contributed by atoms with Gasteiger partial charge in [-0.15, -0.1) is 0 Å². The predicted octanol–water partition coefficient (Wildman–Crippen LogP) is 2.78. The van der Waals surface area contributed by atoms with Crippen LogP contribution in [0.5, 0.6) is 0 Å². The lowest BCUT2D eigenvalue weighted by Gasteiger charge is -2.09. The van der Waals surface area contributed by atoms with Crippen LogP contribution in [0, 0.1) is 0 Å². The maximum absolute atomic E-state index is 13.0. The largest absolute Gasteiger partial charge is 0.449 e. The molecule has 2 heterocycles. The topological polar surface area (TPSA) is 80.6 Å². The highest BCUT2D eigenvalue weighted by Crippen LogP contribution is 2.35. The zero-order valence-electron chi connectivity index (χ0n) is 12.7. The smallest absolute Gasteiger partial charge is 0.345 e. The van der Waals surface area contributed by atoms with Crippen molar-refractivity contribution in [3.05, 3.63) is 30.4 Å². The highest BCUT2D eigenvalue weighted by atomic mass is 32.2. The van der Waals surface area contributed by atoms with Crippen LogP contribution in [0.3, 0.4) is 0 Å². The number of halogens is 3. The third kappa shape index (κ3) is 2.56. The number of hydrogen-bond donors (Lipinski definition) is 1. The molecule has 128 valence electrons. The van der Waals surface area contributed by atoms with Gasteiger partial charge in [0.1, 0.15) is 5.82 Å². The van der Waals surface area contributed by atoms with E-state index in [4.69, 9.17) is 0 Å². The molecule has 0 aliphatic carbocycles. The predicted molar refractivity (Wildman–Crippen MR) is 81.0 cm³/mol. The lowest BCUT2D eigenvalue weighted by atomic mass is 10.2. The van der Waals surface area contributed by atoms with Crippen molar-refractivity contribution in [3.63, 3.8) is 0 Å². The minimum Gasteiger partial charge on any atom is -0.345 e. The molecule has 0 amide bonds. The van der Waals surface area contributed by atoms with Crippen LogP contribution in [0.1, 0.15) is 12.7 Å². The van der Waals surface area contributed by atoms with Gasteiger partial charge in [-0.05, 0) is 12.1 Å². The van der Waals surface area contributed by atoms with Crippen LogP contribution in [0.4, 0.5) is 13.2 Å². The number of nitrogens with one attached hydrogen (secondary N) is 1. The van der Waals surface area contributed by atoms with E-state index in [0.29, 0.717) is 0 Å². The molecule has 2 aromatic heterocycles. The van der Waals surface area contributed by atoms with Crippen molar-refractivity contribution in [1.82, 2.24) is 19.5 Å². The van der Waals surface area contributed by atoms with E-state index in [0.717, 1.165) is 4.57 Å². The van der Waals surface area contributed by atoms with E-state index in [2.05, 4.69) is 15.0 Å². The van der Waals surface area contributed by atoms with Gasteiger partial charge >= 0.3 is 6.18 Å². The van der Waals surface area contributed by atoms with Gasteiger partial charge in [0.25, 0.3) is 0 Å². The van der Waals surface area contributed by atoms with Gasteiger partial charge in [0.2, 0.25) is 5.82 Å². The molecule has 0 unspecified atom stereocenters. The quantitative estimate of drug-likeness (QED) is 0.781. The Morgan fingerprint density at radius 2 is 2.00 bits per heavy atom. The lowest BCUT2D eigenvalue weighted by Crippen LogP contribution is -2.12. The summed E-state index contributed by atoms with van der Waals surface area (Å²) in [5, 5.41) is 0. The summed E-state index contributed by atoms with van der Waals surface area (Å²) in [5.74, 6) is -1.02. The lowest BCUT2D eigenvalue weighted by molar-refractivity contribution is -0.146. The van der Waals surface area contributed by atoms with Crippen LogP contribution in [0.2, 0.25) is 0 Å². The summed E-state index contributed by atoms with van der Waals surface area (Å²) < 4.78 is 64.7. The Kier molecular flexibility index (Phi) is 3.67. The maximum atomic E-state index is 13.0. The van der Waals surface area contributed by atoms with Crippen LogP contribution >= 0.6 is 0 Å². The molecule has 1 N–H and O–H groups in total. The molecule has 1 aromatic carbocycles. The van der Waals surface area contributed by atoms with E-state index in [1.807, 2.05) is 0 Å². The van der Waals surface area contributed by atoms with Gasteiger partial charge < -0.3 is 9.55 Å². The first-order valence-corrected chi connectivity index (χ1v) is 8.60. The van der Waals surface area contributed by atoms with Crippen molar-refractivity contribution < 1.29 is 21.6 Å². The second-order valence-corrected chi connectivity index (χ2v) is 7.42. The van der Waals surface area contributed by atoms with Gasteiger partial charge in [0.15, 0.2) is 9.84 Å². The van der Waals surface area contributed by atoms with Crippen molar-refractivity contribution >= 4 is 20.9 Å². The summed E-state index contributed by atoms with van der Waals surface area (Å²) in [6.07, 6.45) is -1.70. The first kappa shape index (κ1) is 16.5. The van der Waals surface area contributed by atoms with Gasteiger partial charge in [-0.1, -0.05) is 6.92 Å². The van der Waals surface area contributed by atoms with Crippen LogP contribution in [-0.4, -0.2) is 33.7 Å². The van der Waals surface area contributed by atoms with Crippen molar-refractivity contribution in [2.24, 2.45) is 7.05 Å². The number of imidazole rings is 2. The Labute approximate surface area is 135 Å². The number of benzene rings is 1. The maximum Gasteiger partial charge on any atom is 0.449 e. The summed E-state index contributed by atoms with van der Waals surface area (Å²) in [4.78, 5) is 10.3. The van der Waals surface area contributed by atoms with Gasteiger partial charge in [0.05, 0.1) is 21.7 Å². The molecule has 0 atom stereocenters. The van der Waals surface area contributed by atoms with E-state index in [9.17, 15) is 21.6 Å². The first-order chi connectivity index (χ1) is 11.1. The minimum absolute atomic E-state index is 0.0475. The Morgan fingerprint density at radius 1 is 1.29 bits per heavy atom. The summed E-state index contributed by atoms with van der Waals surface area (Å²) in [7, 11) is -2.47. The molecule has 0 aliphatic heterocycles. The molecular weight excluding hydrogens is 345 g/mol. The van der Waals surface area contributed by atoms with Crippen molar-refractivity contribution in [2.45, 2.75) is 18.0 Å². The van der Waals surface area contributed by atoms with Crippen molar-refractivity contribution in [3.8, 4) is 11.4 Å². The fourth-order valence-electron chi connectivity index (χ4n) is 2.48. The normalized spacial score (nSPS) is 12.9. The molecule has 0 saturated heterocycles. The van der Waals surface area contributed by atoms with Gasteiger partial charge in [-0.3, -0.25) is 0 Å². The first-order valence-electron chi connectivity index (χ1n) is 6.95. The number of aromatic nitrogens is 4. The van der Waals surface area contributed by atoms with Crippen LogP contribution < -0.4 is 0 Å². The molecule has 6 nitrogen and oxygen atoms in total. The number of alkyl halides is 3. The molecule has 10 heteroatoms. The fraction of sp³-hybridized carbons (Fsp3) is 0.286. The molecule has 0 radical (unpaired) electrons. The van der Waals surface area contributed by atoms with E-state index in [-0.39, 0.29) is 33.1 Å². The summed E-state index contributed by atoms with van der Waals surface area (Å²) >= 11 is 0. The number of aryl methyl sites for hydroxylation is 1. The Hall–Kier alpha value is -2.36. The molecule has 0 spiro atoms. The summed E-state index contributed by atoms with van der Waals surface area (Å²) in [6, 6.07) is 2.53. The van der Waals surface area contributed by atoms with Crippen LogP contribution in [0.25, 0.3) is 22.4 Å². The number of rotatable bonds is 3. The van der Waals surface area contributed by atoms with E-state index < -0.39 is 21.8 Å². The van der Waals surface area contributed by atoms with Gasteiger partial charge in [0, 0.05) is 25.0 Å². The molecule has 0 fully saturated rings. The van der Waals surface area contributed by atoms with Crippen LogP contribution in [0.15, 0.2) is 29.4 Å². The average Bonchev–Trinajstić information content (AvgIpc) is 3.14. The molecular formula is C14H13F3N4O2S. The van der Waals surface area contributed by atoms with Crippen molar-refractivity contribution in [2.75, 3.05) is 5.75 Å². The van der Waals surface area contributed by atoms with E-state index in [1.165, 1.54) is 38.5 Å². The summed E-state index contributed by atoms with van der Waals surface area (Å²) in [6.45, 7) is 1.47. The molecule has 0 saturated carbocycles. The third-order valence-corrected chi connectivity index (χ3v) is 5.47. The van der Waals surface area contributed by atoms with E-state index >= 15 is 0 Å².